The van der Waals surface area contributed by atoms with Crippen molar-refractivity contribution in [2.75, 3.05) is 6.35 Å². The average Bonchev–Trinajstić information content (AvgIpc) is 2.24. The van der Waals surface area contributed by atoms with E-state index in [1.54, 1.807) is 0 Å². The Balaban J connectivity index is 3.37. The van der Waals surface area contributed by atoms with Gasteiger partial charge in [-0.1, -0.05) is 12.1 Å². The number of benzene rings is 1. The van der Waals surface area contributed by atoms with Crippen LogP contribution in [0.5, 0.6) is 0 Å². The number of halogens is 3. The second-order valence-corrected chi connectivity index (χ2v) is 6.19. The van der Waals surface area contributed by atoms with Crippen molar-refractivity contribution in [2.24, 2.45) is 0 Å². The molecule has 0 bridgehead atoms. The van der Waals surface area contributed by atoms with Crippen molar-refractivity contribution in [2.45, 2.75) is 18.0 Å². The second-order valence-electron chi connectivity index (χ2n) is 3.56. The van der Waals surface area contributed by atoms with Crippen LogP contribution in [0.2, 0.25) is 0 Å². The first-order chi connectivity index (χ1) is 8.55. The molecule has 5 nitrogen and oxygen atoms in total. The summed E-state index contributed by atoms with van der Waals surface area (Å²) in [6.45, 7) is 1.17. The summed E-state index contributed by atoms with van der Waals surface area (Å²) in [5.74, 6) is 0. The predicted octanol–water partition coefficient (Wildman–Crippen LogP) is 2.14. The lowest BCUT2D eigenvalue weighted by atomic mass is 10.1. The highest BCUT2D eigenvalue weighted by molar-refractivity contribution is 7.87. The molecule has 0 aliphatic rings. The smallest absolute Gasteiger partial charge is 0.345 e. The monoisotopic (exact) mass is 318 g/mol. The zero-order valence-electron chi connectivity index (χ0n) is 9.56. The molecule has 0 saturated carbocycles. The van der Waals surface area contributed by atoms with E-state index in [9.17, 15) is 26.2 Å². The number of alkyl halides is 3. The van der Waals surface area contributed by atoms with Crippen LogP contribution in [0.25, 0.3) is 0 Å². The molecule has 0 saturated heterocycles. The number of hydrogen-bond donors (Lipinski definition) is 1. The molecule has 0 amide bonds. The van der Waals surface area contributed by atoms with Crippen LogP contribution in [0.4, 0.5) is 13.2 Å². The lowest BCUT2D eigenvalue weighted by Gasteiger charge is -2.14. The second kappa shape index (κ2) is 5.62. The van der Waals surface area contributed by atoms with Crippen molar-refractivity contribution >= 4 is 18.1 Å². The molecular weight excluding hydrogens is 308 g/mol. The van der Waals surface area contributed by atoms with Gasteiger partial charge in [0.25, 0.3) is 10.1 Å². The van der Waals surface area contributed by atoms with Crippen LogP contribution in [0.3, 0.4) is 0 Å². The summed E-state index contributed by atoms with van der Waals surface area (Å²) in [6, 6.07) is 2.84. The maximum absolute atomic E-state index is 12.7. The maximum Gasteiger partial charge on any atom is 0.417 e. The number of aryl methyl sites for hydroxylation is 1. The van der Waals surface area contributed by atoms with Crippen molar-refractivity contribution in [1.82, 2.24) is 0 Å². The van der Waals surface area contributed by atoms with Crippen molar-refractivity contribution < 1.29 is 35.2 Å². The van der Waals surface area contributed by atoms with Crippen molar-refractivity contribution in [3.63, 3.8) is 0 Å². The molecule has 0 spiro atoms. The summed E-state index contributed by atoms with van der Waals surface area (Å²) in [4.78, 5) is 7.46. The molecular formula is C9H10F3O5PS. The first kappa shape index (κ1) is 16.2. The minimum atomic E-state index is -4.87. The summed E-state index contributed by atoms with van der Waals surface area (Å²) < 4.78 is 76.1. The molecule has 0 aliphatic carbocycles. The first-order valence-corrected chi connectivity index (χ1v) is 7.81. The number of rotatable bonds is 4. The molecule has 19 heavy (non-hydrogen) atoms. The van der Waals surface area contributed by atoms with Crippen LogP contribution in [0.1, 0.15) is 11.1 Å². The summed E-state index contributed by atoms with van der Waals surface area (Å²) in [5, 5.41) is 0. The van der Waals surface area contributed by atoms with E-state index in [4.69, 9.17) is 4.89 Å². The molecule has 10 heteroatoms. The van der Waals surface area contributed by atoms with Gasteiger partial charge < -0.3 is 4.89 Å². The van der Waals surface area contributed by atoms with Gasteiger partial charge in [0.05, 0.1) is 5.56 Å². The molecule has 1 aromatic carbocycles. The molecule has 1 atom stereocenters. The maximum atomic E-state index is 12.7. The molecule has 1 N–H and O–H groups in total. The molecule has 0 aromatic heterocycles. The van der Waals surface area contributed by atoms with Crippen LogP contribution >= 0.6 is 8.03 Å². The van der Waals surface area contributed by atoms with Crippen LogP contribution in [-0.4, -0.2) is 19.7 Å². The topological polar surface area (TPSA) is 80.7 Å². The number of hydrogen-bond acceptors (Lipinski definition) is 4. The Bertz CT molecular complexity index is 596. The van der Waals surface area contributed by atoms with E-state index in [0.29, 0.717) is 6.07 Å². The zero-order chi connectivity index (χ0) is 14.8. The highest BCUT2D eigenvalue weighted by Gasteiger charge is 2.38. The van der Waals surface area contributed by atoms with E-state index in [-0.39, 0.29) is 5.56 Å². The van der Waals surface area contributed by atoms with Gasteiger partial charge in [0, 0.05) is 0 Å². The van der Waals surface area contributed by atoms with Crippen LogP contribution in [0.15, 0.2) is 23.1 Å². The third-order valence-corrected chi connectivity index (χ3v) is 4.18. The minimum absolute atomic E-state index is 0.160. The van der Waals surface area contributed by atoms with E-state index in [1.165, 1.54) is 13.0 Å². The van der Waals surface area contributed by atoms with E-state index in [0.717, 1.165) is 6.07 Å². The molecule has 0 heterocycles. The van der Waals surface area contributed by atoms with Gasteiger partial charge in [0.1, 0.15) is 11.2 Å². The van der Waals surface area contributed by atoms with Gasteiger partial charge in [-0.15, -0.1) is 0 Å². The largest absolute Gasteiger partial charge is 0.417 e. The fraction of sp³-hybridized carbons (Fsp3) is 0.333. The van der Waals surface area contributed by atoms with Gasteiger partial charge in [0.2, 0.25) is 8.03 Å². The van der Waals surface area contributed by atoms with Crippen molar-refractivity contribution in [3.05, 3.63) is 29.3 Å². The molecule has 0 aliphatic heterocycles. The lowest BCUT2D eigenvalue weighted by Crippen LogP contribution is -2.16. The fourth-order valence-electron chi connectivity index (χ4n) is 1.39. The Morgan fingerprint density at radius 3 is 2.42 bits per heavy atom. The third kappa shape index (κ3) is 4.04. The van der Waals surface area contributed by atoms with Gasteiger partial charge in [-0.25, -0.2) is 0 Å². The van der Waals surface area contributed by atoms with E-state index >= 15 is 0 Å². The van der Waals surface area contributed by atoms with Gasteiger partial charge >= 0.3 is 6.18 Å². The lowest BCUT2D eigenvalue weighted by molar-refractivity contribution is -0.140. The van der Waals surface area contributed by atoms with Gasteiger partial charge in [0.15, 0.2) is 0 Å². The summed E-state index contributed by atoms with van der Waals surface area (Å²) in [5.41, 5.74) is -1.53. The van der Waals surface area contributed by atoms with Gasteiger partial charge in [-0.2, -0.15) is 21.6 Å². The van der Waals surface area contributed by atoms with Crippen LogP contribution in [0, 0.1) is 6.92 Å². The minimum Gasteiger partial charge on any atom is -0.345 e. The molecule has 0 radical (unpaired) electrons. The highest BCUT2D eigenvalue weighted by Crippen LogP contribution is 2.36. The van der Waals surface area contributed by atoms with Crippen molar-refractivity contribution in [3.8, 4) is 0 Å². The van der Waals surface area contributed by atoms with Crippen LogP contribution in [-0.2, 0) is 25.0 Å². The fourth-order valence-corrected chi connectivity index (χ4v) is 3.45. The first-order valence-electron chi connectivity index (χ1n) is 4.84. The van der Waals surface area contributed by atoms with Gasteiger partial charge in [-0.05, 0) is 18.6 Å². The molecule has 1 rings (SSSR count). The SMILES string of the molecule is Cc1cccc(C(F)(F)F)c1S(=O)(=O)OC[PH](=O)O. The summed E-state index contributed by atoms with van der Waals surface area (Å²) in [7, 11) is -8.02. The molecule has 0 fully saturated rings. The zero-order valence-corrected chi connectivity index (χ0v) is 11.4. The Morgan fingerprint density at radius 2 is 1.95 bits per heavy atom. The van der Waals surface area contributed by atoms with E-state index < -0.39 is 41.1 Å². The predicted molar refractivity (Wildman–Crippen MR) is 60.5 cm³/mol. The Hall–Kier alpha value is -0.890. The summed E-state index contributed by atoms with van der Waals surface area (Å²) in [6.07, 6.45) is -5.93. The van der Waals surface area contributed by atoms with E-state index in [1.807, 2.05) is 0 Å². The normalized spacial score (nSPS) is 14.4. The Labute approximate surface area is 108 Å². The molecule has 108 valence electrons. The molecule has 1 unspecified atom stereocenters. The standard InChI is InChI=1S/C9H10F3O5PS/c1-6-3-2-4-7(9(10,11)12)8(6)19(15,16)17-5-18(13)14/h2-4,18H,5H2,1H3,(H,13,14). The quantitative estimate of drug-likeness (QED) is 0.679. The van der Waals surface area contributed by atoms with E-state index in [2.05, 4.69) is 4.18 Å². The Morgan fingerprint density at radius 1 is 1.37 bits per heavy atom. The third-order valence-electron chi connectivity index (χ3n) is 2.10. The highest BCUT2D eigenvalue weighted by atomic mass is 32.2. The van der Waals surface area contributed by atoms with Crippen molar-refractivity contribution in [1.29, 1.82) is 0 Å². The Kier molecular flexibility index (Phi) is 4.78. The molecule has 1 aromatic rings. The van der Waals surface area contributed by atoms with Crippen LogP contribution < -0.4 is 0 Å². The van der Waals surface area contributed by atoms with Gasteiger partial charge in [-0.3, -0.25) is 8.75 Å². The summed E-state index contributed by atoms with van der Waals surface area (Å²) >= 11 is 0. The average molecular weight is 318 g/mol.